The zero-order valence-corrected chi connectivity index (χ0v) is 27.5. The number of phenols is 3. The van der Waals surface area contributed by atoms with E-state index in [0.29, 0.717) is 6.42 Å². The largest absolute Gasteiger partial charge is 0.578 e. The molecule has 0 bridgehead atoms. The van der Waals surface area contributed by atoms with Gasteiger partial charge in [0.15, 0.2) is 34.4 Å². The summed E-state index contributed by atoms with van der Waals surface area (Å²) in [5.74, 6) is -8.74. The minimum Gasteiger partial charge on any atom is -0.578 e. The maximum absolute atomic E-state index is 14.6. The maximum atomic E-state index is 14.6. The van der Waals surface area contributed by atoms with Gasteiger partial charge in [-0.05, 0) is 54.3 Å². The van der Waals surface area contributed by atoms with Gasteiger partial charge in [-0.25, -0.2) is 0 Å². The number of rotatable bonds is 8. The van der Waals surface area contributed by atoms with E-state index in [-0.39, 0.29) is 56.7 Å². The highest BCUT2D eigenvalue weighted by Gasteiger charge is 2.72. The molecule has 0 aliphatic carbocycles. The molecular formula is C34H36N2O13. The summed E-state index contributed by atoms with van der Waals surface area (Å²) < 4.78 is 17.1. The third-order valence-electron chi connectivity index (χ3n) is 8.76. The summed E-state index contributed by atoms with van der Waals surface area (Å²) in [6.45, 7) is 8.63. The Hall–Kier alpha value is -5.51. The molecule has 0 radical (unpaired) electrons. The molecule has 3 aromatic rings. The molecule has 0 fully saturated rings. The number of nitrogens with zero attached hydrogens (tertiary/aromatic N) is 2. The Balaban J connectivity index is 1.78. The average molecular weight is 681 g/mol. The van der Waals surface area contributed by atoms with Crippen LogP contribution in [0.1, 0.15) is 54.4 Å². The SMILES string of the molecule is CC[C@@H](C)[C@]12Oc3cc(-c4c(O)c(O)c(-c5ccc(O)cc5)c(OC(C)=O)c4OC(C)=O)ccc3O[N@@+]1([O-])C(O)=C([C@@H](C)CC)N(O)C2=O. The Morgan fingerprint density at radius 3 is 1.92 bits per heavy atom. The van der Waals surface area contributed by atoms with Crippen molar-refractivity contribution in [2.75, 3.05) is 0 Å². The lowest BCUT2D eigenvalue weighted by molar-refractivity contribution is -1.08. The molecule has 3 aromatic carbocycles. The molecule has 0 saturated heterocycles. The number of quaternary nitrogens is 1. The van der Waals surface area contributed by atoms with Crippen molar-refractivity contribution in [3.63, 3.8) is 0 Å². The van der Waals surface area contributed by atoms with E-state index in [9.17, 15) is 45.2 Å². The fourth-order valence-electron chi connectivity index (χ4n) is 5.96. The fraction of sp³-hybridized carbons (Fsp3) is 0.324. The Labute approximate surface area is 280 Å². The number of esters is 2. The van der Waals surface area contributed by atoms with Crippen molar-refractivity contribution in [1.82, 2.24) is 5.06 Å². The lowest BCUT2D eigenvalue weighted by atomic mass is 9.89. The van der Waals surface area contributed by atoms with Crippen LogP contribution in [0.5, 0.6) is 40.2 Å². The lowest BCUT2D eigenvalue weighted by Gasteiger charge is -2.56. The molecule has 260 valence electrons. The number of carbonyl (C=O) groups is 3. The lowest BCUT2D eigenvalue weighted by Crippen LogP contribution is -2.78. The summed E-state index contributed by atoms with van der Waals surface area (Å²) in [7, 11) is 0. The summed E-state index contributed by atoms with van der Waals surface area (Å²) in [5.41, 5.74) is -3.41. The maximum Gasteiger partial charge on any atom is 0.374 e. The van der Waals surface area contributed by atoms with E-state index in [4.69, 9.17) is 19.0 Å². The van der Waals surface area contributed by atoms with Crippen molar-refractivity contribution in [3.05, 3.63) is 59.3 Å². The molecule has 2 heterocycles. The van der Waals surface area contributed by atoms with Gasteiger partial charge >= 0.3 is 29.5 Å². The van der Waals surface area contributed by atoms with Crippen LogP contribution in [0.4, 0.5) is 0 Å². The number of benzene rings is 3. The second-order valence-electron chi connectivity index (χ2n) is 11.9. The van der Waals surface area contributed by atoms with Gasteiger partial charge in [0.2, 0.25) is 5.75 Å². The number of hydrogen-bond acceptors (Lipinski definition) is 13. The molecule has 15 heteroatoms. The van der Waals surface area contributed by atoms with Crippen LogP contribution in [0, 0.1) is 17.0 Å². The number of amides is 1. The van der Waals surface area contributed by atoms with Gasteiger partial charge in [-0.3, -0.25) is 24.4 Å². The molecule has 0 spiro atoms. The topological polar surface area (TPSA) is 216 Å². The van der Waals surface area contributed by atoms with Crippen LogP contribution in [0.15, 0.2) is 54.0 Å². The summed E-state index contributed by atoms with van der Waals surface area (Å²) in [5, 5.41) is 69.7. The molecule has 0 unspecified atom stereocenters. The van der Waals surface area contributed by atoms with Gasteiger partial charge in [-0.1, -0.05) is 44.6 Å². The highest BCUT2D eigenvalue weighted by Crippen LogP contribution is 2.58. The van der Waals surface area contributed by atoms with Gasteiger partial charge in [0.1, 0.15) is 5.75 Å². The average Bonchev–Trinajstić information content (AvgIpc) is 3.05. The fourth-order valence-corrected chi connectivity index (χ4v) is 5.96. The highest BCUT2D eigenvalue weighted by molar-refractivity contribution is 5.96. The molecule has 2 aliphatic heterocycles. The number of ether oxygens (including phenoxy) is 3. The number of aliphatic hydroxyl groups excluding tert-OH is 1. The number of allylic oxidation sites excluding steroid dienone is 1. The van der Waals surface area contributed by atoms with E-state index < -0.39 is 69.1 Å². The van der Waals surface area contributed by atoms with Crippen molar-refractivity contribution in [3.8, 4) is 62.5 Å². The van der Waals surface area contributed by atoms with Gasteiger partial charge in [-0.2, -0.15) is 5.06 Å². The van der Waals surface area contributed by atoms with E-state index in [1.807, 2.05) is 0 Å². The second-order valence-corrected chi connectivity index (χ2v) is 11.9. The molecule has 15 nitrogen and oxygen atoms in total. The van der Waals surface area contributed by atoms with Gasteiger partial charge in [-0.15, -0.1) is 0 Å². The summed E-state index contributed by atoms with van der Waals surface area (Å²) in [6.07, 6.45) is 0.505. The van der Waals surface area contributed by atoms with Crippen LogP contribution in [-0.2, 0) is 14.4 Å². The third-order valence-corrected chi connectivity index (χ3v) is 8.76. The molecule has 0 aromatic heterocycles. The van der Waals surface area contributed by atoms with Crippen LogP contribution in [-0.4, -0.2) is 59.1 Å². The number of aromatic hydroxyl groups is 3. The normalized spacial score (nSPS) is 21.1. The number of fused-ring (bicyclic) bond motifs is 2. The van der Waals surface area contributed by atoms with Crippen molar-refractivity contribution in [2.45, 2.75) is 60.1 Å². The minimum atomic E-state index is -2.59. The monoisotopic (exact) mass is 680 g/mol. The van der Waals surface area contributed by atoms with Crippen LogP contribution in [0.3, 0.4) is 0 Å². The molecular weight excluding hydrogens is 644 g/mol. The molecule has 49 heavy (non-hydrogen) atoms. The summed E-state index contributed by atoms with van der Waals surface area (Å²) in [6, 6.07) is 9.02. The molecule has 5 N–H and O–H groups in total. The number of aliphatic hydroxyl groups is 1. The quantitative estimate of drug-likeness (QED) is 0.0480. The van der Waals surface area contributed by atoms with Crippen LogP contribution in [0.25, 0.3) is 22.3 Å². The first-order valence-corrected chi connectivity index (χ1v) is 15.4. The Morgan fingerprint density at radius 1 is 0.878 bits per heavy atom. The predicted molar refractivity (Wildman–Crippen MR) is 170 cm³/mol. The Morgan fingerprint density at radius 2 is 1.41 bits per heavy atom. The van der Waals surface area contributed by atoms with E-state index >= 15 is 0 Å². The van der Waals surface area contributed by atoms with E-state index in [0.717, 1.165) is 13.8 Å². The Kier molecular flexibility index (Phi) is 8.88. The van der Waals surface area contributed by atoms with E-state index in [2.05, 4.69) is 0 Å². The van der Waals surface area contributed by atoms with Gasteiger partial charge < -0.3 is 39.8 Å². The molecule has 2 aliphatic rings. The summed E-state index contributed by atoms with van der Waals surface area (Å²) >= 11 is 0. The minimum absolute atomic E-state index is 0.0357. The highest BCUT2D eigenvalue weighted by atomic mass is 17.0. The van der Waals surface area contributed by atoms with Crippen LogP contribution >= 0.6 is 0 Å². The molecule has 0 saturated carbocycles. The number of carbonyl (C=O) groups excluding carboxylic acids is 3. The van der Waals surface area contributed by atoms with E-state index in [1.165, 1.54) is 49.4 Å². The van der Waals surface area contributed by atoms with Gasteiger partial charge in [0, 0.05) is 19.8 Å². The van der Waals surface area contributed by atoms with Crippen molar-refractivity contribution < 1.29 is 63.9 Å². The van der Waals surface area contributed by atoms with Crippen molar-refractivity contribution >= 4 is 17.8 Å². The molecule has 4 atom stereocenters. The predicted octanol–water partition coefficient (Wildman–Crippen LogP) is 5.74. The first-order valence-electron chi connectivity index (χ1n) is 15.4. The van der Waals surface area contributed by atoms with Crippen molar-refractivity contribution in [2.24, 2.45) is 11.8 Å². The smallest absolute Gasteiger partial charge is 0.374 e. The number of phenolic OH excluding ortho intramolecular Hbond substituents is 3. The second kappa shape index (κ2) is 12.5. The first kappa shape index (κ1) is 34.8. The molecule has 5 rings (SSSR count). The zero-order valence-electron chi connectivity index (χ0n) is 27.5. The number of hydroxylamine groups is 6. The zero-order chi connectivity index (χ0) is 36.2. The first-order chi connectivity index (χ1) is 23.0. The standard InChI is InChI=1S/C34H36N2O13/c1-7-16(3)27-32(42)36(45)34(17(4)8-2,33(43)35(27)44)48-24-15-21(11-14-23(24)49-36)26-29(41)28(40)25(20-9-12-22(39)13-10-20)30(46-18(5)37)31(26)47-19(6)38/h9-17,39-42,44H,7-8H2,1-6H3/t16-,17+,34+,36-/m0/s1. The molecule has 1 amide bonds. The number of hydrogen-bond donors (Lipinski definition) is 5. The van der Waals surface area contributed by atoms with Crippen molar-refractivity contribution in [1.29, 1.82) is 0 Å². The van der Waals surface area contributed by atoms with Crippen LogP contribution < -0.4 is 19.0 Å². The third kappa shape index (κ3) is 5.31. The summed E-state index contributed by atoms with van der Waals surface area (Å²) in [4.78, 5) is 42.3. The Bertz CT molecular complexity index is 1890. The van der Waals surface area contributed by atoms with Gasteiger partial charge in [0.05, 0.1) is 17.0 Å². The van der Waals surface area contributed by atoms with Crippen LogP contribution in [0.2, 0.25) is 0 Å². The van der Waals surface area contributed by atoms with Gasteiger partial charge in [0.25, 0.3) is 0 Å². The van der Waals surface area contributed by atoms with E-state index in [1.54, 1.807) is 20.8 Å².